The number of aryl methyl sites for hydroxylation is 3. The molecule has 2 nitrogen and oxygen atoms in total. The highest BCUT2D eigenvalue weighted by molar-refractivity contribution is 5.83. The summed E-state index contributed by atoms with van der Waals surface area (Å²) in [5.41, 5.74) is 2.59. The van der Waals surface area contributed by atoms with E-state index in [1.165, 1.54) is 0 Å². The highest BCUT2D eigenvalue weighted by atomic mass is 19.1. The fourth-order valence-corrected chi connectivity index (χ4v) is 1.81. The normalized spacial score (nSPS) is 11.1. The van der Waals surface area contributed by atoms with Crippen molar-refractivity contribution in [3.8, 4) is 0 Å². The SMILES string of the molecule is CCn1nc(C)c2c(F)cc(C)cc21. The fourth-order valence-electron chi connectivity index (χ4n) is 1.81. The summed E-state index contributed by atoms with van der Waals surface area (Å²) in [5, 5.41) is 4.94. The molecule has 0 fully saturated rings. The summed E-state index contributed by atoms with van der Waals surface area (Å²) < 4.78 is 15.4. The van der Waals surface area contributed by atoms with E-state index < -0.39 is 0 Å². The maximum absolute atomic E-state index is 13.6. The summed E-state index contributed by atoms with van der Waals surface area (Å²) in [4.78, 5) is 0. The van der Waals surface area contributed by atoms with Crippen LogP contribution in [0.15, 0.2) is 12.1 Å². The molecule has 0 spiro atoms. The van der Waals surface area contributed by atoms with Crippen LogP contribution in [0, 0.1) is 19.7 Å². The van der Waals surface area contributed by atoms with Gasteiger partial charge >= 0.3 is 0 Å². The van der Waals surface area contributed by atoms with Crippen LogP contribution in [-0.4, -0.2) is 9.78 Å². The molecule has 1 aromatic carbocycles. The van der Waals surface area contributed by atoms with Crippen molar-refractivity contribution in [1.29, 1.82) is 0 Å². The van der Waals surface area contributed by atoms with Crippen LogP contribution in [-0.2, 0) is 6.54 Å². The highest BCUT2D eigenvalue weighted by Crippen LogP contribution is 2.22. The van der Waals surface area contributed by atoms with Gasteiger partial charge in [-0.25, -0.2) is 4.39 Å². The van der Waals surface area contributed by atoms with E-state index in [-0.39, 0.29) is 5.82 Å². The zero-order valence-corrected chi connectivity index (χ0v) is 8.63. The van der Waals surface area contributed by atoms with E-state index in [0.717, 1.165) is 23.3 Å². The molecule has 0 saturated heterocycles. The number of nitrogens with zero attached hydrogens (tertiary/aromatic N) is 2. The van der Waals surface area contributed by atoms with Gasteiger partial charge in [0.2, 0.25) is 0 Å². The van der Waals surface area contributed by atoms with Crippen LogP contribution >= 0.6 is 0 Å². The molecule has 0 amide bonds. The Morgan fingerprint density at radius 2 is 2.07 bits per heavy atom. The summed E-state index contributed by atoms with van der Waals surface area (Å²) >= 11 is 0. The van der Waals surface area contributed by atoms with Crippen molar-refractivity contribution in [2.45, 2.75) is 27.3 Å². The van der Waals surface area contributed by atoms with Crippen LogP contribution in [0.25, 0.3) is 10.9 Å². The first-order valence-electron chi connectivity index (χ1n) is 4.76. The van der Waals surface area contributed by atoms with Gasteiger partial charge < -0.3 is 0 Å². The molecule has 0 radical (unpaired) electrons. The quantitative estimate of drug-likeness (QED) is 0.679. The molecule has 3 heteroatoms. The first-order valence-corrected chi connectivity index (χ1v) is 4.76. The van der Waals surface area contributed by atoms with Crippen molar-refractivity contribution < 1.29 is 4.39 Å². The topological polar surface area (TPSA) is 17.8 Å². The van der Waals surface area contributed by atoms with Gasteiger partial charge in [0.25, 0.3) is 0 Å². The summed E-state index contributed by atoms with van der Waals surface area (Å²) in [7, 11) is 0. The third-order valence-electron chi connectivity index (χ3n) is 2.42. The van der Waals surface area contributed by atoms with Crippen LogP contribution in [0.2, 0.25) is 0 Å². The number of hydrogen-bond donors (Lipinski definition) is 0. The number of hydrogen-bond acceptors (Lipinski definition) is 1. The Labute approximate surface area is 82.3 Å². The van der Waals surface area contributed by atoms with E-state index in [1.807, 2.05) is 31.5 Å². The molecular weight excluding hydrogens is 179 g/mol. The lowest BCUT2D eigenvalue weighted by Gasteiger charge is -2.00. The van der Waals surface area contributed by atoms with Gasteiger partial charge in [0.05, 0.1) is 16.6 Å². The van der Waals surface area contributed by atoms with Crippen molar-refractivity contribution in [3.63, 3.8) is 0 Å². The largest absolute Gasteiger partial charge is 0.265 e. The standard InChI is InChI=1S/C11H13FN2/c1-4-14-10-6-7(2)5-9(12)11(10)8(3)13-14/h5-6H,4H2,1-3H3. The van der Waals surface area contributed by atoms with Crippen molar-refractivity contribution in [2.75, 3.05) is 0 Å². The maximum atomic E-state index is 13.6. The van der Waals surface area contributed by atoms with Gasteiger partial charge in [0, 0.05) is 6.54 Å². The number of fused-ring (bicyclic) bond motifs is 1. The summed E-state index contributed by atoms with van der Waals surface area (Å²) in [6.45, 7) is 6.51. The van der Waals surface area contributed by atoms with Crippen molar-refractivity contribution in [3.05, 3.63) is 29.2 Å². The molecule has 1 heterocycles. The van der Waals surface area contributed by atoms with Gasteiger partial charge in [-0.1, -0.05) is 0 Å². The Morgan fingerprint density at radius 1 is 1.36 bits per heavy atom. The third kappa shape index (κ3) is 1.20. The molecule has 0 bridgehead atoms. The lowest BCUT2D eigenvalue weighted by Crippen LogP contribution is -1.96. The molecule has 0 aliphatic carbocycles. The van der Waals surface area contributed by atoms with Gasteiger partial charge in [-0.2, -0.15) is 5.10 Å². The molecule has 1 aromatic heterocycles. The Morgan fingerprint density at radius 3 is 2.71 bits per heavy atom. The second-order valence-corrected chi connectivity index (χ2v) is 3.54. The monoisotopic (exact) mass is 192 g/mol. The molecule has 74 valence electrons. The van der Waals surface area contributed by atoms with Gasteiger partial charge in [0.1, 0.15) is 5.82 Å². The predicted octanol–water partition coefficient (Wildman–Crippen LogP) is 2.81. The van der Waals surface area contributed by atoms with Crippen molar-refractivity contribution in [2.24, 2.45) is 0 Å². The van der Waals surface area contributed by atoms with E-state index >= 15 is 0 Å². The number of rotatable bonds is 1. The van der Waals surface area contributed by atoms with Crippen LogP contribution in [0.3, 0.4) is 0 Å². The minimum Gasteiger partial charge on any atom is -0.265 e. The predicted molar refractivity (Wildman–Crippen MR) is 54.8 cm³/mol. The van der Waals surface area contributed by atoms with Crippen molar-refractivity contribution in [1.82, 2.24) is 9.78 Å². The highest BCUT2D eigenvalue weighted by Gasteiger charge is 2.10. The fraction of sp³-hybridized carbons (Fsp3) is 0.364. The van der Waals surface area contributed by atoms with Gasteiger partial charge in [-0.05, 0) is 38.5 Å². The summed E-state index contributed by atoms with van der Waals surface area (Å²) in [6.07, 6.45) is 0. The second kappa shape index (κ2) is 3.08. The average molecular weight is 192 g/mol. The lowest BCUT2D eigenvalue weighted by molar-refractivity contribution is 0.638. The minimum atomic E-state index is -0.169. The Hall–Kier alpha value is -1.38. The maximum Gasteiger partial charge on any atom is 0.134 e. The molecule has 2 rings (SSSR count). The second-order valence-electron chi connectivity index (χ2n) is 3.54. The molecular formula is C11H13FN2. The molecule has 0 aliphatic heterocycles. The van der Waals surface area contributed by atoms with Crippen LogP contribution in [0.4, 0.5) is 4.39 Å². The minimum absolute atomic E-state index is 0.169. The van der Waals surface area contributed by atoms with E-state index in [1.54, 1.807) is 6.07 Å². The zero-order valence-electron chi connectivity index (χ0n) is 8.63. The molecule has 0 N–H and O–H groups in total. The van der Waals surface area contributed by atoms with E-state index in [2.05, 4.69) is 5.10 Å². The first-order chi connectivity index (χ1) is 6.63. The zero-order chi connectivity index (χ0) is 10.3. The number of halogens is 1. The molecule has 0 unspecified atom stereocenters. The smallest absolute Gasteiger partial charge is 0.134 e. The molecule has 0 aliphatic rings. The van der Waals surface area contributed by atoms with Crippen LogP contribution in [0.1, 0.15) is 18.2 Å². The molecule has 0 saturated carbocycles. The van der Waals surface area contributed by atoms with Crippen LogP contribution < -0.4 is 0 Å². The van der Waals surface area contributed by atoms with Gasteiger partial charge in [0.15, 0.2) is 0 Å². The first kappa shape index (κ1) is 9.19. The van der Waals surface area contributed by atoms with E-state index in [4.69, 9.17) is 0 Å². The van der Waals surface area contributed by atoms with Gasteiger partial charge in [-0.15, -0.1) is 0 Å². The summed E-state index contributed by atoms with van der Waals surface area (Å²) in [6, 6.07) is 3.53. The molecule has 14 heavy (non-hydrogen) atoms. The molecule has 0 atom stereocenters. The van der Waals surface area contributed by atoms with Gasteiger partial charge in [-0.3, -0.25) is 4.68 Å². The lowest BCUT2D eigenvalue weighted by atomic mass is 10.1. The number of aromatic nitrogens is 2. The Kier molecular flexibility index (Phi) is 2.02. The van der Waals surface area contributed by atoms with E-state index in [0.29, 0.717) is 5.39 Å². The number of benzene rings is 1. The average Bonchev–Trinajstić information content (AvgIpc) is 2.42. The Bertz CT molecular complexity index is 485. The van der Waals surface area contributed by atoms with Crippen molar-refractivity contribution >= 4 is 10.9 Å². The third-order valence-corrected chi connectivity index (χ3v) is 2.42. The molecule has 2 aromatic rings. The Balaban J connectivity index is 2.89. The summed E-state index contributed by atoms with van der Waals surface area (Å²) in [5.74, 6) is -0.169. The van der Waals surface area contributed by atoms with Crippen LogP contribution in [0.5, 0.6) is 0 Å². The van der Waals surface area contributed by atoms with E-state index in [9.17, 15) is 4.39 Å².